The van der Waals surface area contributed by atoms with E-state index in [0.29, 0.717) is 30.2 Å². The van der Waals surface area contributed by atoms with Crippen LogP contribution in [0.25, 0.3) is 17.0 Å². The van der Waals surface area contributed by atoms with Gasteiger partial charge in [0.15, 0.2) is 11.5 Å². The van der Waals surface area contributed by atoms with E-state index in [1.54, 1.807) is 24.3 Å². The molecule has 0 unspecified atom stereocenters. The highest BCUT2D eigenvalue weighted by atomic mass is 32.2. The summed E-state index contributed by atoms with van der Waals surface area (Å²) in [6.07, 6.45) is 1.90. The Balaban J connectivity index is 2.04. The number of benzene rings is 1. The fourth-order valence-electron chi connectivity index (χ4n) is 2.85. The largest absolute Gasteiger partial charge is 0.396 e. The minimum absolute atomic E-state index is 0.268. The van der Waals surface area contributed by atoms with Gasteiger partial charge in [0.1, 0.15) is 0 Å². The van der Waals surface area contributed by atoms with E-state index in [-0.39, 0.29) is 4.90 Å². The zero-order valence-electron chi connectivity index (χ0n) is 14.5. The van der Waals surface area contributed by atoms with Crippen LogP contribution < -0.4 is 5.73 Å². The second-order valence-electron chi connectivity index (χ2n) is 5.80. The number of sulfonamides is 1. The number of aromatic nitrogens is 3. The maximum Gasteiger partial charge on any atom is 0.243 e. The Morgan fingerprint density at radius 3 is 2.36 bits per heavy atom. The zero-order valence-corrected chi connectivity index (χ0v) is 15.3. The molecule has 3 rings (SSSR count). The van der Waals surface area contributed by atoms with Crippen LogP contribution in [0.3, 0.4) is 0 Å². The summed E-state index contributed by atoms with van der Waals surface area (Å²) in [5.74, 6) is 0.622. The quantitative estimate of drug-likeness (QED) is 0.754. The van der Waals surface area contributed by atoms with E-state index in [1.165, 1.54) is 4.31 Å². The van der Waals surface area contributed by atoms with Crippen molar-refractivity contribution in [3.05, 3.63) is 42.1 Å². The van der Waals surface area contributed by atoms with Crippen LogP contribution in [0.4, 0.5) is 5.69 Å². The summed E-state index contributed by atoms with van der Waals surface area (Å²) in [4.78, 5) is 0.268. The third-order valence-electron chi connectivity index (χ3n) is 4.13. The van der Waals surface area contributed by atoms with Gasteiger partial charge in [-0.1, -0.05) is 13.8 Å². The van der Waals surface area contributed by atoms with E-state index >= 15 is 0 Å². The van der Waals surface area contributed by atoms with Gasteiger partial charge in [-0.2, -0.15) is 4.31 Å². The summed E-state index contributed by atoms with van der Waals surface area (Å²) in [5, 5.41) is 8.32. The number of fused-ring (bicyclic) bond motifs is 1. The number of hydrogen-bond donors (Lipinski definition) is 1. The van der Waals surface area contributed by atoms with Crippen LogP contribution in [0.5, 0.6) is 0 Å². The number of rotatable bonds is 5. The van der Waals surface area contributed by atoms with E-state index < -0.39 is 10.0 Å². The summed E-state index contributed by atoms with van der Waals surface area (Å²) >= 11 is 0. The second-order valence-corrected chi connectivity index (χ2v) is 7.74. The molecule has 0 fully saturated rings. The van der Waals surface area contributed by atoms with Crippen LogP contribution in [0.15, 0.2) is 41.4 Å². The lowest BCUT2D eigenvalue weighted by Crippen LogP contribution is -2.30. The van der Waals surface area contributed by atoms with E-state index in [4.69, 9.17) is 5.73 Å². The minimum Gasteiger partial charge on any atom is -0.396 e. The Labute approximate surface area is 147 Å². The van der Waals surface area contributed by atoms with Gasteiger partial charge in [-0.3, -0.25) is 4.40 Å². The van der Waals surface area contributed by atoms with Gasteiger partial charge in [0, 0.05) is 24.8 Å². The van der Waals surface area contributed by atoms with Crippen molar-refractivity contribution in [2.45, 2.75) is 25.7 Å². The number of nitrogens with zero attached hydrogens (tertiary/aromatic N) is 4. The smallest absolute Gasteiger partial charge is 0.243 e. The molecule has 0 bridgehead atoms. The maximum absolute atomic E-state index is 12.6. The number of pyridine rings is 1. The molecule has 2 N–H and O–H groups in total. The second kappa shape index (κ2) is 6.45. The Bertz CT molecular complexity index is 1010. The number of nitrogen functional groups attached to an aromatic ring is 1. The molecule has 0 aliphatic heterocycles. The molecular formula is C17H21N5O2S. The minimum atomic E-state index is -3.47. The van der Waals surface area contributed by atoms with Crippen molar-refractivity contribution in [1.29, 1.82) is 0 Å². The predicted molar refractivity (Wildman–Crippen MR) is 97.7 cm³/mol. The van der Waals surface area contributed by atoms with Crippen molar-refractivity contribution in [3.63, 3.8) is 0 Å². The number of anilines is 1. The molecule has 3 aromatic rings. The average Bonchev–Trinajstić information content (AvgIpc) is 3.00. The molecule has 132 valence electrons. The van der Waals surface area contributed by atoms with Gasteiger partial charge in [0.2, 0.25) is 10.0 Å². The SMILES string of the molecule is CCN(CC)S(=O)(=O)c1ccc(-c2nnc3c(N)cc(C)cn23)cc1. The summed E-state index contributed by atoms with van der Waals surface area (Å²) in [6, 6.07) is 8.52. The summed E-state index contributed by atoms with van der Waals surface area (Å²) < 4.78 is 28.4. The van der Waals surface area contributed by atoms with Crippen molar-refractivity contribution >= 4 is 21.4 Å². The van der Waals surface area contributed by atoms with Crippen molar-refractivity contribution < 1.29 is 8.42 Å². The summed E-state index contributed by atoms with van der Waals surface area (Å²) in [5.41, 5.74) is 8.89. The maximum atomic E-state index is 12.6. The fraction of sp³-hybridized carbons (Fsp3) is 0.294. The van der Waals surface area contributed by atoms with Gasteiger partial charge >= 0.3 is 0 Å². The molecule has 2 aromatic heterocycles. The van der Waals surface area contributed by atoms with Crippen LogP contribution in [0.1, 0.15) is 19.4 Å². The molecule has 7 nitrogen and oxygen atoms in total. The standard InChI is InChI=1S/C17H21N5O2S/c1-4-21(5-2)25(23,24)14-8-6-13(7-9-14)16-19-20-17-15(18)10-12(3)11-22(16)17/h6-11H,4-5,18H2,1-3H3. The number of aryl methyl sites for hydroxylation is 1. The van der Waals surface area contributed by atoms with Gasteiger partial charge in [-0.25, -0.2) is 8.42 Å². The molecule has 0 spiro atoms. The normalized spacial score (nSPS) is 12.2. The first-order valence-corrected chi connectivity index (χ1v) is 9.54. The highest BCUT2D eigenvalue weighted by molar-refractivity contribution is 7.89. The molecule has 0 atom stereocenters. The van der Waals surface area contributed by atoms with E-state index in [0.717, 1.165) is 11.1 Å². The first-order valence-electron chi connectivity index (χ1n) is 8.10. The van der Waals surface area contributed by atoms with Gasteiger partial charge in [0.05, 0.1) is 10.6 Å². The topological polar surface area (TPSA) is 93.6 Å². The van der Waals surface area contributed by atoms with Gasteiger partial charge in [-0.05, 0) is 42.8 Å². The van der Waals surface area contributed by atoms with Crippen LogP contribution >= 0.6 is 0 Å². The van der Waals surface area contributed by atoms with Gasteiger partial charge in [0.25, 0.3) is 0 Å². The number of nitrogens with two attached hydrogens (primary N) is 1. The van der Waals surface area contributed by atoms with Crippen LogP contribution in [0.2, 0.25) is 0 Å². The Hall–Kier alpha value is -2.45. The fourth-order valence-corrected chi connectivity index (χ4v) is 4.30. The Morgan fingerprint density at radius 1 is 1.12 bits per heavy atom. The van der Waals surface area contributed by atoms with E-state index in [2.05, 4.69) is 10.2 Å². The third-order valence-corrected chi connectivity index (χ3v) is 6.19. The Morgan fingerprint density at radius 2 is 1.76 bits per heavy atom. The molecular weight excluding hydrogens is 338 g/mol. The highest BCUT2D eigenvalue weighted by Gasteiger charge is 2.21. The first-order chi connectivity index (χ1) is 11.9. The lowest BCUT2D eigenvalue weighted by molar-refractivity contribution is 0.445. The molecule has 1 aromatic carbocycles. The highest BCUT2D eigenvalue weighted by Crippen LogP contribution is 2.24. The van der Waals surface area contributed by atoms with Crippen molar-refractivity contribution in [3.8, 4) is 11.4 Å². The summed E-state index contributed by atoms with van der Waals surface area (Å²) in [6.45, 7) is 6.47. The van der Waals surface area contributed by atoms with Gasteiger partial charge < -0.3 is 5.73 Å². The molecule has 2 heterocycles. The molecule has 0 aliphatic carbocycles. The van der Waals surface area contributed by atoms with Crippen LogP contribution in [0, 0.1) is 6.92 Å². The van der Waals surface area contributed by atoms with E-state index in [1.807, 2.05) is 37.4 Å². The Kier molecular flexibility index (Phi) is 4.49. The van der Waals surface area contributed by atoms with Crippen molar-refractivity contribution in [1.82, 2.24) is 18.9 Å². The molecule has 0 aliphatic rings. The molecule has 0 saturated heterocycles. The number of hydrogen-bond acceptors (Lipinski definition) is 5. The lowest BCUT2D eigenvalue weighted by atomic mass is 10.2. The predicted octanol–water partition coefficient (Wildman–Crippen LogP) is 2.32. The molecule has 25 heavy (non-hydrogen) atoms. The lowest BCUT2D eigenvalue weighted by Gasteiger charge is -2.18. The van der Waals surface area contributed by atoms with Gasteiger partial charge in [-0.15, -0.1) is 10.2 Å². The van der Waals surface area contributed by atoms with Crippen LogP contribution in [-0.4, -0.2) is 40.4 Å². The van der Waals surface area contributed by atoms with Crippen molar-refractivity contribution in [2.75, 3.05) is 18.8 Å². The molecule has 0 radical (unpaired) electrons. The van der Waals surface area contributed by atoms with Crippen molar-refractivity contribution in [2.24, 2.45) is 0 Å². The summed E-state index contributed by atoms with van der Waals surface area (Å²) in [7, 11) is -3.47. The molecule has 0 saturated carbocycles. The molecule has 0 amide bonds. The van der Waals surface area contributed by atoms with E-state index in [9.17, 15) is 8.42 Å². The average molecular weight is 359 g/mol. The van der Waals surface area contributed by atoms with Crippen LogP contribution in [-0.2, 0) is 10.0 Å². The first kappa shape index (κ1) is 17.4. The third kappa shape index (κ3) is 2.98. The molecule has 8 heteroatoms. The monoisotopic (exact) mass is 359 g/mol. The zero-order chi connectivity index (χ0) is 18.2.